The summed E-state index contributed by atoms with van der Waals surface area (Å²) in [4.78, 5) is 23.6. The molecule has 7 nitrogen and oxygen atoms in total. The number of phenols is 1. The third-order valence-corrected chi connectivity index (χ3v) is 3.61. The lowest BCUT2D eigenvalue weighted by Gasteiger charge is -2.11. The third kappa shape index (κ3) is 6.05. The fourth-order valence-corrected chi connectivity index (χ4v) is 2.15. The Kier molecular flexibility index (Phi) is 6.72. The molecule has 4 N–H and O–H groups in total. The average molecular weight is 424 g/mol. The Labute approximate surface area is 157 Å². The topological polar surface area (TPSA) is 99.7 Å². The van der Waals surface area contributed by atoms with Gasteiger partial charge in [-0.25, -0.2) is 0 Å². The van der Waals surface area contributed by atoms with E-state index in [0.717, 1.165) is 4.47 Å². The van der Waals surface area contributed by atoms with Crippen molar-refractivity contribution in [1.29, 1.82) is 0 Å². The minimum Gasteiger partial charge on any atom is -0.507 e. The molecule has 0 saturated heterocycles. The molecular weight excluding hydrogens is 410 g/mol. The van der Waals surface area contributed by atoms with Crippen LogP contribution in [-0.4, -0.2) is 28.6 Å². The lowest BCUT2D eigenvalue weighted by molar-refractivity contribution is -0.121. The number of aromatic hydroxyl groups is 1. The first-order valence-corrected chi connectivity index (χ1v) is 8.22. The summed E-state index contributed by atoms with van der Waals surface area (Å²) in [6.45, 7) is -0.239. The molecule has 2 aromatic carbocycles. The summed E-state index contributed by atoms with van der Waals surface area (Å²) >= 11 is 8.20. The minimum atomic E-state index is -0.596. The molecule has 2 amide bonds. The number of thiocarbonyl (C=S) groups is 1. The summed E-state index contributed by atoms with van der Waals surface area (Å²) in [5.41, 5.74) is 4.72. The second kappa shape index (κ2) is 9.00. The highest BCUT2D eigenvalue weighted by Crippen LogP contribution is 2.16. The maximum atomic E-state index is 11.9. The smallest absolute Gasteiger partial charge is 0.273 e. The van der Waals surface area contributed by atoms with E-state index in [9.17, 15) is 14.7 Å². The molecule has 0 bridgehead atoms. The number of carbonyl (C=O) groups excluding carboxylic acids is 2. The van der Waals surface area contributed by atoms with Gasteiger partial charge in [-0.05, 0) is 48.6 Å². The zero-order valence-electron chi connectivity index (χ0n) is 12.8. The van der Waals surface area contributed by atoms with E-state index in [0.29, 0.717) is 5.75 Å². The van der Waals surface area contributed by atoms with Gasteiger partial charge in [-0.1, -0.05) is 28.1 Å². The van der Waals surface area contributed by atoms with Crippen molar-refractivity contribution in [3.63, 3.8) is 0 Å². The van der Waals surface area contributed by atoms with Crippen molar-refractivity contribution in [2.24, 2.45) is 0 Å². The normalized spacial score (nSPS) is 9.80. The molecule has 0 aromatic heterocycles. The summed E-state index contributed by atoms with van der Waals surface area (Å²) in [5, 5.41) is 11.8. The number of rotatable bonds is 4. The Morgan fingerprint density at radius 3 is 2.44 bits per heavy atom. The molecule has 9 heteroatoms. The van der Waals surface area contributed by atoms with Gasteiger partial charge in [0.2, 0.25) is 0 Å². The van der Waals surface area contributed by atoms with Crippen LogP contribution in [0.1, 0.15) is 10.4 Å². The average Bonchev–Trinajstić information content (AvgIpc) is 2.59. The fraction of sp³-hybridized carbons (Fsp3) is 0.0625. The van der Waals surface area contributed by atoms with Gasteiger partial charge in [0.15, 0.2) is 11.7 Å². The molecule has 0 aliphatic rings. The summed E-state index contributed by atoms with van der Waals surface area (Å²) in [6, 6.07) is 13.0. The predicted molar refractivity (Wildman–Crippen MR) is 99.1 cm³/mol. The van der Waals surface area contributed by atoms with Crippen LogP contribution in [0.5, 0.6) is 11.5 Å². The van der Waals surface area contributed by atoms with Crippen LogP contribution in [0.15, 0.2) is 53.0 Å². The molecule has 0 aliphatic heterocycles. The van der Waals surface area contributed by atoms with Crippen LogP contribution in [0.3, 0.4) is 0 Å². The second-order valence-corrected chi connectivity index (χ2v) is 6.04. The van der Waals surface area contributed by atoms with Crippen molar-refractivity contribution in [2.75, 3.05) is 6.61 Å². The lowest BCUT2D eigenvalue weighted by atomic mass is 10.2. The van der Waals surface area contributed by atoms with E-state index in [1.54, 1.807) is 36.4 Å². The Hall–Kier alpha value is -2.65. The molecule has 0 saturated carbocycles. The van der Waals surface area contributed by atoms with Crippen LogP contribution in [-0.2, 0) is 4.79 Å². The van der Waals surface area contributed by atoms with Gasteiger partial charge >= 0.3 is 0 Å². The van der Waals surface area contributed by atoms with Crippen LogP contribution in [0, 0.1) is 0 Å². The van der Waals surface area contributed by atoms with Crippen molar-refractivity contribution in [2.45, 2.75) is 0 Å². The minimum absolute atomic E-state index is 0.0719. The van der Waals surface area contributed by atoms with Gasteiger partial charge in [0.25, 0.3) is 11.8 Å². The summed E-state index contributed by atoms with van der Waals surface area (Å²) < 4.78 is 6.19. The number of hydrogen-bond donors (Lipinski definition) is 4. The largest absolute Gasteiger partial charge is 0.507 e. The maximum Gasteiger partial charge on any atom is 0.273 e. The summed E-state index contributed by atoms with van der Waals surface area (Å²) in [5.74, 6) is -0.720. The highest BCUT2D eigenvalue weighted by molar-refractivity contribution is 9.10. The van der Waals surface area contributed by atoms with Crippen molar-refractivity contribution in [3.8, 4) is 11.5 Å². The van der Waals surface area contributed by atoms with Gasteiger partial charge in [0, 0.05) is 4.47 Å². The first-order chi connectivity index (χ1) is 12.0. The van der Waals surface area contributed by atoms with E-state index < -0.39 is 11.8 Å². The molecule has 0 unspecified atom stereocenters. The number of ether oxygens (including phenoxy) is 1. The van der Waals surface area contributed by atoms with Crippen LogP contribution < -0.4 is 20.9 Å². The predicted octanol–water partition coefficient (Wildman–Crippen LogP) is 1.87. The molecule has 0 heterocycles. The zero-order valence-corrected chi connectivity index (χ0v) is 15.2. The number of halogens is 1. The first-order valence-electron chi connectivity index (χ1n) is 7.02. The third-order valence-electron chi connectivity index (χ3n) is 2.87. The van der Waals surface area contributed by atoms with E-state index >= 15 is 0 Å². The SMILES string of the molecule is O=C(COc1ccc(Br)cc1)NC(=S)NNC(=O)c1ccccc1O. The fourth-order valence-electron chi connectivity index (χ4n) is 1.72. The summed E-state index contributed by atoms with van der Waals surface area (Å²) in [6.07, 6.45) is 0. The van der Waals surface area contributed by atoms with E-state index in [1.807, 2.05) is 0 Å². The molecule has 0 fully saturated rings. The number of carbonyl (C=O) groups is 2. The van der Waals surface area contributed by atoms with Crippen molar-refractivity contribution in [1.82, 2.24) is 16.2 Å². The molecule has 0 spiro atoms. The zero-order chi connectivity index (χ0) is 18.2. The highest BCUT2D eigenvalue weighted by Gasteiger charge is 2.11. The van der Waals surface area contributed by atoms with Gasteiger partial charge in [0.1, 0.15) is 11.5 Å². The number of benzene rings is 2. The Morgan fingerprint density at radius 1 is 1.08 bits per heavy atom. The Morgan fingerprint density at radius 2 is 1.76 bits per heavy atom. The number of nitrogens with one attached hydrogen (secondary N) is 3. The Balaban J connectivity index is 1.74. The molecule has 0 atom stereocenters. The molecule has 130 valence electrons. The molecule has 0 radical (unpaired) electrons. The van der Waals surface area contributed by atoms with Gasteiger partial charge < -0.3 is 9.84 Å². The monoisotopic (exact) mass is 423 g/mol. The quantitative estimate of drug-likeness (QED) is 0.442. The van der Waals surface area contributed by atoms with Gasteiger partial charge in [-0.2, -0.15) is 0 Å². The number of amides is 2. The highest BCUT2D eigenvalue weighted by atomic mass is 79.9. The van der Waals surface area contributed by atoms with Crippen molar-refractivity contribution >= 4 is 45.1 Å². The van der Waals surface area contributed by atoms with Crippen molar-refractivity contribution in [3.05, 3.63) is 58.6 Å². The van der Waals surface area contributed by atoms with E-state index in [-0.39, 0.29) is 23.0 Å². The van der Waals surface area contributed by atoms with Gasteiger partial charge in [0.05, 0.1) is 5.56 Å². The first kappa shape index (κ1) is 18.7. The maximum absolute atomic E-state index is 11.9. The van der Waals surface area contributed by atoms with E-state index in [4.69, 9.17) is 17.0 Å². The van der Waals surface area contributed by atoms with Crippen LogP contribution >= 0.6 is 28.1 Å². The van der Waals surface area contributed by atoms with Crippen LogP contribution in [0.25, 0.3) is 0 Å². The van der Waals surface area contributed by atoms with Gasteiger partial charge in [-0.15, -0.1) is 0 Å². The molecular formula is C16H14BrN3O4S. The van der Waals surface area contributed by atoms with Crippen molar-refractivity contribution < 1.29 is 19.4 Å². The Bertz CT molecular complexity index is 783. The molecule has 0 aliphatic carbocycles. The van der Waals surface area contributed by atoms with Gasteiger partial charge in [-0.3, -0.25) is 25.8 Å². The molecule has 2 aromatic rings. The standard InChI is InChI=1S/C16H14BrN3O4S/c17-10-5-7-11(8-6-10)24-9-14(22)18-16(25)20-19-15(23)12-3-1-2-4-13(12)21/h1-8,21H,9H2,(H,19,23)(H2,18,20,22,25). The summed E-state index contributed by atoms with van der Waals surface area (Å²) in [7, 11) is 0. The number of hydrogen-bond acceptors (Lipinski definition) is 5. The number of para-hydroxylation sites is 1. The van der Waals surface area contributed by atoms with Crippen LogP contribution in [0.2, 0.25) is 0 Å². The lowest BCUT2D eigenvalue weighted by Crippen LogP contribution is -2.49. The van der Waals surface area contributed by atoms with E-state index in [1.165, 1.54) is 12.1 Å². The molecule has 25 heavy (non-hydrogen) atoms. The number of hydrazine groups is 1. The number of phenolic OH excluding ortho intramolecular Hbond substituents is 1. The second-order valence-electron chi connectivity index (χ2n) is 4.72. The van der Waals surface area contributed by atoms with Crippen LogP contribution in [0.4, 0.5) is 0 Å². The van der Waals surface area contributed by atoms with E-state index in [2.05, 4.69) is 32.1 Å². The molecule has 2 rings (SSSR count).